The number of rotatable bonds is 4. The molecule has 0 radical (unpaired) electrons. The zero-order valence-electron chi connectivity index (χ0n) is 15.1. The molecule has 1 heterocycles. The van der Waals surface area contributed by atoms with Gasteiger partial charge in [0.15, 0.2) is 9.84 Å². The Morgan fingerprint density at radius 3 is 2.52 bits per heavy atom. The maximum atomic E-state index is 12.7. The summed E-state index contributed by atoms with van der Waals surface area (Å²) in [6.45, 7) is 0.600. The number of benzene rings is 2. The summed E-state index contributed by atoms with van der Waals surface area (Å²) in [4.78, 5) is 14.3. The summed E-state index contributed by atoms with van der Waals surface area (Å²) in [5.74, 6) is 0.599. The summed E-state index contributed by atoms with van der Waals surface area (Å²) in [6, 6.07) is 14.3. The van der Waals surface area contributed by atoms with Gasteiger partial charge in [-0.15, -0.1) is 0 Å². The van der Waals surface area contributed by atoms with Crippen molar-refractivity contribution < 1.29 is 17.9 Å². The lowest BCUT2D eigenvalue weighted by Gasteiger charge is -2.20. The molecule has 144 valence electrons. The fourth-order valence-corrected chi connectivity index (χ4v) is 5.46. The molecule has 1 aliphatic heterocycles. The van der Waals surface area contributed by atoms with Crippen LogP contribution in [0.15, 0.2) is 48.5 Å². The molecule has 1 aliphatic rings. The Bertz CT molecular complexity index is 912. The zero-order chi connectivity index (χ0) is 19.4. The largest absolute Gasteiger partial charge is 0.497 e. The molecule has 2 aromatic rings. The van der Waals surface area contributed by atoms with Gasteiger partial charge in [0.05, 0.1) is 24.5 Å². The van der Waals surface area contributed by atoms with Crippen molar-refractivity contribution in [1.29, 1.82) is 0 Å². The van der Waals surface area contributed by atoms with E-state index in [1.165, 1.54) is 0 Å². The molecule has 0 N–H and O–H groups in total. The van der Waals surface area contributed by atoms with Crippen molar-refractivity contribution in [1.82, 2.24) is 4.90 Å². The van der Waals surface area contributed by atoms with E-state index in [0.29, 0.717) is 23.6 Å². The first-order chi connectivity index (χ1) is 12.9. The van der Waals surface area contributed by atoms with Crippen LogP contribution in [0.1, 0.15) is 22.8 Å². The fraction of sp³-hybridized carbons (Fsp3) is 0.350. The van der Waals surface area contributed by atoms with Crippen LogP contribution >= 0.6 is 11.6 Å². The van der Waals surface area contributed by atoms with Crippen LogP contribution < -0.4 is 4.74 Å². The zero-order valence-corrected chi connectivity index (χ0v) is 16.7. The lowest BCUT2D eigenvalue weighted by molar-refractivity contribution is -0.130. The number of ether oxygens (including phenoxy) is 1. The number of methoxy groups -OCH3 is 1. The molecule has 1 saturated heterocycles. The van der Waals surface area contributed by atoms with E-state index in [1.807, 2.05) is 24.3 Å². The molecule has 0 saturated carbocycles. The van der Waals surface area contributed by atoms with Gasteiger partial charge < -0.3 is 9.64 Å². The molecule has 2 aromatic carbocycles. The second-order valence-corrected chi connectivity index (χ2v) is 9.28. The van der Waals surface area contributed by atoms with Crippen molar-refractivity contribution in [3.63, 3.8) is 0 Å². The van der Waals surface area contributed by atoms with E-state index < -0.39 is 15.1 Å². The van der Waals surface area contributed by atoms with Crippen molar-refractivity contribution in [2.45, 2.75) is 18.1 Å². The van der Waals surface area contributed by atoms with E-state index in [0.717, 1.165) is 11.3 Å². The van der Waals surface area contributed by atoms with Gasteiger partial charge in [-0.2, -0.15) is 0 Å². The van der Waals surface area contributed by atoms with Gasteiger partial charge in [0.2, 0.25) is 5.91 Å². The molecule has 5 nitrogen and oxygen atoms in total. The average molecular weight is 408 g/mol. The highest BCUT2D eigenvalue weighted by Crippen LogP contribution is 2.33. The van der Waals surface area contributed by atoms with Gasteiger partial charge in [-0.05, 0) is 35.7 Å². The first kappa shape index (κ1) is 19.7. The minimum Gasteiger partial charge on any atom is -0.497 e. The van der Waals surface area contributed by atoms with Crippen LogP contribution in [0.2, 0.25) is 5.02 Å². The number of halogens is 1. The van der Waals surface area contributed by atoms with Crippen LogP contribution in [0.3, 0.4) is 0 Å². The molecule has 1 fully saturated rings. The van der Waals surface area contributed by atoms with Crippen molar-refractivity contribution >= 4 is 27.3 Å². The van der Waals surface area contributed by atoms with Crippen molar-refractivity contribution in [3.8, 4) is 5.75 Å². The topological polar surface area (TPSA) is 63.7 Å². The molecule has 1 unspecified atom stereocenters. The Morgan fingerprint density at radius 1 is 1.15 bits per heavy atom. The maximum Gasteiger partial charge on any atom is 0.227 e. The Hall–Kier alpha value is -2.05. The number of carbonyl (C=O) groups excluding carboxylic acids is 1. The Balaban J connectivity index is 1.72. The number of amides is 1. The lowest BCUT2D eigenvalue weighted by atomic mass is 10.1. The molecule has 0 aromatic heterocycles. The fourth-order valence-electron chi connectivity index (χ4n) is 3.31. The molecule has 1 amide bonds. The van der Waals surface area contributed by atoms with E-state index >= 15 is 0 Å². The van der Waals surface area contributed by atoms with E-state index in [4.69, 9.17) is 16.3 Å². The summed E-state index contributed by atoms with van der Waals surface area (Å²) in [6.07, 6.45) is 0.585. The van der Waals surface area contributed by atoms with Crippen molar-refractivity contribution in [2.24, 2.45) is 0 Å². The van der Waals surface area contributed by atoms with E-state index in [2.05, 4.69) is 0 Å². The molecule has 0 bridgehead atoms. The van der Waals surface area contributed by atoms with E-state index in [9.17, 15) is 13.2 Å². The molecule has 3 rings (SSSR count). The van der Waals surface area contributed by atoms with Gasteiger partial charge in [-0.25, -0.2) is 8.42 Å². The van der Waals surface area contributed by atoms with Gasteiger partial charge in [0.1, 0.15) is 5.75 Å². The number of hydrogen-bond acceptors (Lipinski definition) is 4. The molecule has 0 aliphatic carbocycles. The van der Waals surface area contributed by atoms with Crippen LogP contribution in [0.5, 0.6) is 5.75 Å². The normalized spacial score (nSPS) is 19.3. The summed E-state index contributed by atoms with van der Waals surface area (Å²) < 4.78 is 30.6. The van der Waals surface area contributed by atoms with Crippen molar-refractivity contribution in [2.75, 3.05) is 26.0 Å². The van der Waals surface area contributed by atoms with Crippen LogP contribution in [0.25, 0.3) is 0 Å². The average Bonchev–Trinajstić information content (AvgIpc) is 2.81. The van der Waals surface area contributed by atoms with Crippen LogP contribution in [-0.2, 0) is 21.1 Å². The second-order valence-electron chi connectivity index (χ2n) is 6.57. The smallest absolute Gasteiger partial charge is 0.227 e. The molecular weight excluding hydrogens is 386 g/mol. The third-order valence-electron chi connectivity index (χ3n) is 4.86. The highest BCUT2D eigenvalue weighted by atomic mass is 35.5. The predicted octanol–water partition coefficient (Wildman–Crippen LogP) is 3.28. The summed E-state index contributed by atoms with van der Waals surface area (Å²) in [5.41, 5.74) is 1.49. The van der Waals surface area contributed by atoms with Gasteiger partial charge >= 0.3 is 0 Å². The number of nitrogens with zero attached hydrogens (tertiary/aromatic N) is 1. The highest BCUT2D eigenvalue weighted by Gasteiger charge is 2.33. The quantitative estimate of drug-likeness (QED) is 0.780. The van der Waals surface area contributed by atoms with E-state index in [1.54, 1.807) is 36.3 Å². The second kappa shape index (κ2) is 8.31. The highest BCUT2D eigenvalue weighted by molar-refractivity contribution is 7.91. The summed E-state index contributed by atoms with van der Waals surface area (Å²) in [5, 5.41) is -0.228. The van der Waals surface area contributed by atoms with E-state index in [-0.39, 0.29) is 24.6 Å². The van der Waals surface area contributed by atoms with Gasteiger partial charge in [-0.3, -0.25) is 4.79 Å². The number of hydrogen-bond donors (Lipinski definition) is 0. The summed E-state index contributed by atoms with van der Waals surface area (Å²) >= 11 is 6.21. The molecule has 7 heteroatoms. The van der Waals surface area contributed by atoms with Crippen LogP contribution in [0, 0.1) is 0 Å². The summed E-state index contributed by atoms with van der Waals surface area (Å²) in [7, 11) is -1.79. The first-order valence-electron chi connectivity index (χ1n) is 8.77. The number of carbonyl (C=O) groups is 1. The monoisotopic (exact) mass is 407 g/mol. The first-order valence-corrected chi connectivity index (χ1v) is 10.9. The minimum absolute atomic E-state index is 0.0583. The molecular formula is C20H22ClNO4S. The minimum atomic E-state index is -3.38. The SMILES string of the molecule is COc1ccc(CC(=O)N2CCC(c3ccccc3Cl)S(=O)(=O)CC2)cc1. The standard InChI is InChI=1S/C20H22ClNO4S/c1-26-16-8-6-15(7-9-16)14-20(23)22-11-10-19(27(24,25)13-12-22)17-4-2-3-5-18(17)21/h2-9,19H,10-14H2,1H3. The third kappa shape index (κ3) is 4.62. The van der Waals surface area contributed by atoms with Crippen LogP contribution in [-0.4, -0.2) is 45.2 Å². The van der Waals surface area contributed by atoms with Gasteiger partial charge in [-0.1, -0.05) is 41.9 Å². The third-order valence-corrected chi connectivity index (χ3v) is 7.31. The molecule has 27 heavy (non-hydrogen) atoms. The lowest BCUT2D eigenvalue weighted by Crippen LogP contribution is -2.34. The maximum absolute atomic E-state index is 12.7. The Kier molecular flexibility index (Phi) is 6.07. The predicted molar refractivity (Wildman–Crippen MR) is 106 cm³/mol. The molecule has 0 spiro atoms. The van der Waals surface area contributed by atoms with Gasteiger partial charge in [0, 0.05) is 18.1 Å². The number of sulfone groups is 1. The Labute approximate surface area is 164 Å². The van der Waals surface area contributed by atoms with Crippen LogP contribution in [0.4, 0.5) is 0 Å². The van der Waals surface area contributed by atoms with Gasteiger partial charge in [0.25, 0.3) is 0 Å². The van der Waals surface area contributed by atoms with Crippen molar-refractivity contribution in [3.05, 3.63) is 64.7 Å². The molecule has 1 atom stereocenters. The Morgan fingerprint density at radius 2 is 1.85 bits per heavy atom.